The summed E-state index contributed by atoms with van der Waals surface area (Å²) in [4.78, 5) is 61.3. The quantitative estimate of drug-likeness (QED) is 0.261. The number of rotatable bonds is 11. The second-order valence-electron chi connectivity index (χ2n) is 12.8. The van der Waals surface area contributed by atoms with E-state index in [1.165, 1.54) is 11.8 Å². The van der Waals surface area contributed by atoms with Gasteiger partial charge in [-0.1, -0.05) is 19.4 Å². The molecule has 8 atom stereocenters. The maximum absolute atomic E-state index is 13.4. The Morgan fingerprint density at radius 2 is 1.88 bits per heavy atom. The summed E-state index contributed by atoms with van der Waals surface area (Å²) in [6.07, 6.45) is 6.30. The monoisotopic (exact) mass is 593 g/mol. The molecular weight excluding hydrogens is 550 g/mol. The first-order valence-electron chi connectivity index (χ1n) is 14.6. The van der Waals surface area contributed by atoms with Crippen molar-refractivity contribution in [1.82, 2.24) is 5.32 Å². The first kappa shape index (κ1) is 31.7. The molecule has 1 amide bonds. The molecular formula is C30H43NO9S. The molecule has 3 saturated carbocycles. The van der Waals surface area contributed by atoms with Crippen molar-refractivity contribution in [3.05, 3.63) is 11.6 Å². The maximum atomic E-state index is 13.4. The summed E-state index contributed by atoms with van der Waals surface area (Å²) in [5.41, 5.74) is -1.81. The van der Waals surface area contributed by atoms with Crippen LogP contribution in [0.1, 0.15) is 78.1 Å². The summed E-state index contributed by atoms with van der Waals surface area (Å²) in [6.45, 7) is 3.37. The highest BCUT2D eigenvalue weighted by atomic mass is 32.2. The van der Waals surface area contributed by atoms with Crippen LogP contribution < -0.4 is 5.32 Å². The molecule has 4 rings (SSSR count). The topological polar surface area (TPSA) is 167 Å². The van der Waals surface area contributed by atoms with Gasteiger partial charge in [0.15, 0.2) is 12.4 Å². The molecule has 0 unspecified atom stereocenters. The first-order valence-corrected chi connectivity index (χ1v) is 16.0. The van der Waals surface area contributed by atoms with Crippen LogP contribution in [0.15, 0.2) is 11.6 Å². The molecule has 0 spiro atoms. The van der Waals surface area contributed by atoms with E-state index in [0.29, 0.717) is 25.0 Å². The predicted octanol–water partition coefficient (Wildman–Crippen LogP) is 2.44. The highest BCUT2D eigenvalue weighted by molar-refractivity contribution is 7.98. The molecule has 0 bridgehead atoms. The van der Waals surface area contributed by atoms with E-state index in [2.05, 4.69) is 12.2 Å². The molecule has 4 aliphatic carbocycles. The number of hydrogen-bond acceptors (Lipinski definition) is 9. The number of amides is 1. The van der Waals surface area contributed by atoms with E-state index in [1.807, 2.05) is 13.2 Å². The lowest BCUT2D eigenvalue weighted by atomic mass is 9.45. The highest BCUT2D eigenvalue weighted by Crippen LogP contribution is 2.67. The van der Waals surface area contributed by atoms with Crippen LogP contribution in [-0.4, -0.2) is 81.1 Å². The fourth-order valence-corrected chi connectivity index (χ4v) is 8.93. The SMILES string of the molecule is CSCC[C@@H](NC(=O)CCC(=O)OCC(=O)[C@@]1(O)CC[C@H]2[C@@H]3CCC4=CC(=O)CC[C@]4(C)[C@H]3[C@@H](O)C[C@@]21C)C(=O)O. The molecule has 4 aliphatic rings. The van der Waals surface area contributed by atoms with Gasteiger partial charge in [0.25, 0.3) is 0 Å². The van der Waals surface area contributed by atoms with Gasteiger partial charge in [0.05, 0.1) is 12.5 Å². The zero-order valence-corrected chi connectivity index (χ0v) is 25.0. The molecule has 0 aromatic rings. The van der Waals surface area contributed by atoms with E-state index in [0.717, 1.165) is 18.4 Å². The summed E-state index contributed by atoms with van der Waals surface area (Å²) in [6, 6.07) is -1.04. The van der Waals surface area contributed by atoms with Crippen molar-refractivity contribution in [1.29, 1.82) is 0 Å². The van der Waals surface area contributed by atoms with Crippen LogP contribution in [0.2, 0.25) is 0 Å². The number of ether oxygens (including phenoxy) is 1. The number of esters is 1. The van der Waals surface area contributed by atoms with Crippen LogP contribution in [-0.2, 0) is 28.7 Å². The second-order valence-corrected chi connectivity index (χ2v) is 13.8. The zero-order valence-electron chi connectivity index (χ0n) is 24.1. The van der Waals surface area contributed by atoms with Gasteiger partial charge in [0.2, 0.25) is 11.7 Å². The Kier molecular flexibility index (Phi) is 9.40. The lowest BCUT2D eigenvalue weighted by molar-refractivity contribution is -0.184. The Morgan fingerprint density at radius 3 is 2.56 bits per heavy atom. The van der Waals surface area contributed by atoms with E-state index in [4.69, 9.17) is 4.74 Å². The number of allylic oxidation sites excluding steroid dienone is 1. The van der Waals surface area contributed by atoms with E-state index in [-0.39, 0.29) is 61.1 Å². The lowest BCUT2D eigenvalue weighted by Crippen LogP contribution is -2.62. The van der Waals surface area contributed by atoms with Gasteiger partial charge in [-0.05, 0) is 86.2 Å². The van der Waals surface area contributed by atoms with E-state index < -0.39 is 53.4 Å². The average Bonchev–Trinajstić information content (AvgIpc) is 3.19. The first-order chi connectivity index (χ1) is 19.3. The number of carbonyl (C=O) groups excluding carboxylic acids is 4. The number of fused-ring (bicyclic) bond motifs is 5. The summed E-state index contributed by atoms with van der Waals surface area (Å²) >= 11 is 1.46. The molecule has 3 fully saturated rings. The summed E-state index contributed by atoms with van der Waals surface area (Å²) in [7, 11) is 0. The third-order valence-electron chi connectivity index (χ3n) is 10.7. The Balaban J connectivity index is 1.35. The van der Waals surface area contributed by atoms with Crippen LogP contribution in [0.5, 0.6) is 0 Å². The predicted molar refractivity (Wildman–Crippen MR) is 151 cm³/mol. The van der Waals surface area contributed by atoms with Gasteiger partial charge in [0, 0.05) is 18.3 Å². The molecule has 41 heavy (non-hydrogen) atoms. The number of aliphatic hydroxyl groups is 2. The van der Waals surface area contributed by atoms with E-state index in [9.17, 15) is 39.3 Å². The average molecular weight is 594 g/mol. The van der Waals surface area contributed by atoms with Crippen molar-refractivity contribution in [2.75, 3.05) is 18.6 Å². The largest absolute Gasteiger partial charge is 0.480 e. The number of nitrogens with one attached hydrogen (secondary N) is 1. The van der Waals surface area contributed by atoms with E-state index in [1.54, 1.807) is 6.08 Å². The smallest absolute Gasteiger partial charge is 0.326 e. The normalized spacial score (nSPS) is 36.7. The van der Waals surface area contributed by atoms with Crippen molar-refractivity contribution in [3.63, 3.8) is 0 Å². The highest BCUT2D eigenvalue weighted by Gasteiger charge is 2.68. The molecule has 11 heteroatoms. The molecule has 0 aliphatic heterocycles. The van der Waals surface area contributed by atoms with Gasteiger partial charge in [-0.25, -0.2) is 4.79 Å². The van der Waals surface area contributed by atoms with Crippen LogP contribution >= 0.6 is 11.8 Å². The van der Waals surface area contributed by atoms with Crippen LogP contribution in [0, 0.1) is 28.6 Å². The van der Waals surface area contributed by atoms with Gasteiger partial charge >= 0.3 is 11.9 Å². The standard InChI is InChI=1S/C30H43NO9S/c1-28-11-8-18(32)14-17(28)4-5-19-20-9-12-30(39,29(20,2)15-22(33)26(19)28)23(34)16-40-25(36)7-6-24(35)31-21(27(37)38)10-13-41-3/h14,19-22,26,33,39H,4-13,15-16H2,1-3H3,(H,31,35)(H,37,38)/t19-,20-,21+,22-,26+,28-,29-,30-/m0/s1. The third-order valence-corrected chi connectivity index (χ3v) is 11.3. The number of thioether (sulfide) groups is 1. The van der Waals surface area contributed by atoms with E-state index >= 15 is 0 Å². The molecule has 228 valence electrons. The molecule has 0 aromatic carbocycles. The summed E-state index contributed by atoms with van der Waals surface area (Å²) in [5.74, 6) is -2.39. The van der Waals surface area contributed by atoms with Gasteiger partial charge < -0.3 is 25.4 Å². The van der Waals surface area contributed by atoms with Gasteiger partial charge in [-0.2, -0.15) is 11.8 Å². The van der Waals surface area contributed by atoms with Crippen LogP contribution in [0.4, 0.5) is 0 Å². The fraction of sp³-hybridized carbons (Fsp3) is 0.767. The zero-order chi connectivity index (χ0) is 30.2. The Morgan fingerprint density at radius 1 is 1.15 bits per heavy atom. The molecule has 0 saturated heterocycles. The third kappa shape index (κ3) is 5.86. The number of carbonyl (C=O) groups is 5. The number of ketones is 2. The van der Waals surface area contributed by atoms with Gasteiger partial charge in [-0.15, -0.1) is 0 Å². The Bertz CT molecular complexity index is 1120. The molecule has 4 N–H and O–H groups in total. The Labute approximate surface area is 245 Å². The maximum Gasteiger partial charge on any atom is 0.326 e. The number of Topliss-reactive ketones (excluding diaryl/α,β-unsaturated/α-hetero) is 1. The van der Waals surface area contributed by atoms with Crippen LogP contribution in [0.3, 0.4) is 0 Å². The Hall–Kier alpha value is -2.24. The molecule has 0 aromatic heterocycles. The molecule has 0 radical (unpaired) electrons. The number of hydrogen-bond donors (Lipinski definition) is 4. The minimum absolute atomic E-state index is 0.00791. The van der Waals surface area contributed by atoms with Crippen molar-refractivity contribution in [2.24, 2.45) is 28.6 Å². The lowest BCUT2D eigenvalue weighted by Gasteiger charge is -2.60. The minimum atomic E-state index is -1.76. The second kappa shape index (κ2) is 12.2. The van der Waals surface area contributed by atoms with Crippen LogP contribution in [0.25, 0.3) is 0 Å². The van der Waals surface area contributed by atoms with Gasteiger partial charge in [0.1, 0.15) is 11.6 Å². The number of aliphatic hydroxyl groups excluding tert-OH is 1. The van der Waals surface area contributed by atoms with Crippen molar-refractivity contribution >= 4 is 41.2 Å². The summed E-state index contributed by atoms with van der Waals surface area (Å²) < 4.78 is 5.15. The number of carboxylic acid groups (broad SMARTS) is 1. The number of aliphatic carboxylic acids is 1. The van der Waals surface area contributed by atoms with Crippen molar-refractivity contribution in [3.8, 4) is 0 Å². The minimum Gasteiger partial charge on any atom is -0.480 e. The molecule has 0 heterocycles. The summed E-state index contributed by atoms with van der Waals surface area (Å²) in [5, 5.41) is 34.9. The van der Waals surface area contributed by atoms with Crippen molar-refractivity contribution in [2.45, 2.75) is 95.8 Å². The number of carboxylic acids is 1. The van der Waals surface area contributed by atoms with Gasteiger partial charge in [-0.3, -0.25) is 19.2 Å². The van der Waals surface area contributed by atoms with Crippen molar-refractivity contribution < 1.29 is 44.0 Å². The molecule has 10 nitrogen and oxygen atoms in total. The fourth-order valence-electron chi connectivity index (χ4n) is 8.46.